The van der Waals surface area contributed by atoms with E-state index in [1.807, 2.05) is 0 Å². The molecule has 1 rings (SSSR count). The molecule has 0 aromatic carbocycles. The molecule has 1 unspecified atom stereocenters. The molecule has 1 aliphatic heterocycles. The van der Waals surface area contributed by atoms with Gasteiger partial charge in [-0.25, -0.2) is 0 Å². The number of carbonyl (C=O) groups excluding carboxylic acids is 4. The number of rotatable bonds is 55. The predicted molar refractivity (Wildman–Crippen MR) is 287 cm³/mol. The van der Waals surface area contributed by atoms with Crippen LogP contribution in [0.1, 0.15) is 232 Å². The van der Waals surface area contributed by atoms with Crippen molar-refractivity contribution in [3.8, 4) is 0 Å². The SMILES string of the molecule is CC(CCCCCCNC(=O)CCCCCCCCCCCCCCCCCCCCCCCNC(=O)CCCN1C(=O)C=CC1=O)NCCCCNCCCNCNCCCCNCCCN. The van der Waals surface area contributed by atoms with Gasteiger partial charge < -0.3 is 43.0 Å². The van der Waals surface area contributed by atoms with Gasteiger partial charge in [0.25, 0.3) is 11.8 Å². The summed E-state index contributed by atoms with van der Waals surface area (Å²) in [6.45, 7) is 13.4. The van der Waals surface area contributed by atoms with E-state index in [2.05, 4.69) is 44.1 Å². The number of nitrogens with one attached hydrogen (secondary N) is 7. The lowest BCUT2D eigenvalue weighted by Crippen LogP contribution is -2.32. The number of hydrogen-bond acceptors (Lipinski definition) is 10. The first-order chi connectivity index (χ1) is 33.4. The molecule has 4 amide bonds. The fraction of sp³-hybridized carbons (Fsp3) is 0.891. The van der Waals surface area contributed by atoms with Gasteiger partial charge in [-0.1, -0.05) is 141 Å². The van der Waals surface area contributed by atoms with E-state index in [0.29, 0.717) is 38.4 Å². The molecule has 1 heterocycles. The van der Waals surface area contributed by atoms with E-state index in [4.69, 9.17) is 5.73 Å². The second-order valence-corrected chi connectivity index (χ2v) is 19.8. The zero-order valence-corrected chi connectivity index (χ0v) is 44.1. The van der Waals surface area contributed by atoms with Gasteiger partial charge >= 0.3 is 0 Å². The van der Waals surface area contributed by atoms with E-state index in [1.165, 1.54) is 190 Å². The maximum absolute atomic E-state index is 12.3. The highest BCUT2D eigenvalue weighted by Gasteiger charge is 2.22. The van der Waals surface area contributed by atoms with E-state index in [0.717, 1.165) is 97.7 Å². The van der Waals surface area contributed by atoms with Crippen LogP contribution in [0, 0.1) is 0 Å². The molecule has 68 heavy (non-hydrogen) atoms. The predicted octanol–water partition coefficient (Wildman–Crippen LogP) is 9.05. The van der Waals surface area contributed by atoms with Crippen molar-refractivity contribution >= 4 is 23.6 Å². The molecule has 0 saturated carbocycles. The summed E-state index contributed by atoms with van der Waals surface area (Å²) in [7, 11) is 0. The van der Waals surface area contributed by atoms with E-state index in [9.17, 15) is 19.2 Å². The molecule has 0 fully saturated rings. The van der Waals surface area contributed by atoms with E-state index in [-0.39, 0.29) is 23.6 Å². The average molecular weight is 961 g/mol. The van der Waals surface area contributed by atoms with Crippen LogP contribution in [0.15, 0.2) is 12.2 Å². The summed E-state index contributed by atoms with van der Waals surface area (Å²) in [5, 5.41) is 23.8. The molecule has 398 valence electrons. The van der Waals surface area contributed by atoms with Crippen LogP contribution in [0.5, 0.6) is 0 Å². The van der Waals surface area contributed by atoms with Crippen molar-refractivity contribution in [3.63, 3.8) is 0 Å². The summed E-state index contributed by atoms with van der Waals surface area (Å²) in [4.78, 5) is 48.5. The van der Waals surface area contributed by atoms with Gasteiger partial charge in [-0.3, -0.25) is 24.1 Å². The molecule has 0 bridgehead atoms. The quantitative estimate of drug-likeness (QED) is 0.0167. The number of unbranched alkanes of at least 4 members (excludes halogenated alkanes) is 25. The number of carbonyl (C=O) groups is 4. The maximum Gasteiger partial charge on any atom is 0.253 e. The topological polar surface area (TPSA) is 182 Å². The molecule has 13 nitrogen and oxygen atoms in total. The Balaban J connectivity index is 1.68. The summed E-state index contributed by atoms with van der Waals surface area (Å²) in [5.74, 6) is -0.325. The molecule has 0 radical (unpaired) electrons. The van der Waals surface area contributed by atoms with Crippen molar-refractivity contribution in [3.05, 3.63) is 12.2 Å². The second-order valence-electron chi connectivity index (χ2n) is 19.8. The highest BCUT2D eigenvalue weighted by atomic mass is 16.2. The maximum atomic E-state index is 12.3. The molecule has 0 aromatic rings. The fourth-order valence-corrected chi connectivity index (χ4v) is 8.79. The van der Waals surface area contributed by atoms with Crippen LogP contribution >= 0.6 is 0 Å². The van der Waals surface area contributed by atoms with Gasteiger partial charge in [0.15, 0.2) is 0 Å². The third-order valence-corrected chi connectivity index (χ3v) is 13.2. The first kappa shape index (κ1) is 63.6. The number of amides is 4. The van der Waals surface area contributed by atoms with Crippen LogP contribution in [0.3, 0.4) is 0 Å². The minimum Gasteiger partial charge on any atom is -0.356 e. The van der Waals surface area contributed by atoms with Gasteiger partial charge in [0, 0.05) is 57.3 Å². The molecule has 0 aliphatic carbocycles. The molecule has 0 spiro atoms. The molecule has 13 heteroatoms. The molecule has 0 aromatic heterocycles. The Morgan fingerprint density at radius 2 is 0.779 bits per heavy atom. The first-order valence-electron chi connectivity index (χ1n) is 28.8. The van der Waals surface area contributed by atoms with Crippen molar-refractivity contribution < 1.29 is 19.2 Å². The molecule has 9 N–H and O–H groups in total. The van der Waals surface area contributed by atoms with Crippen molar-refractivity contribution in [2.24, 2.45) is 5.73 Å². The number of nitrogens with zero attached hydrogens (tertiary/aromatic N) is 1. The van der Waals surface area contributed by atoms with Gasteiger partial charge in [0.05, 0.1) is 0 Å². The Hall–Kier alpha value is -2.42. The van der Waals surface area contributed by atoms with E-state index >= 15 is 0 Å². The van der Waals surface area contributed by atoms with Gasteiger partial charge in [-0.2, -0.15) is 0 Å². The lowest BCUT2D eigenvalue weighted by Gasteiger charge is -2.14. The van der Waals surface area contributed by atoms with Crippen molar-refractivity contribution in [2.45, 2.75) is 238 Å². The summed E-state index contributed by atoms with van der Waals surface area (Å²) < 4.78 is 0. The highest BCUT2D eigenvalue weighted by molar-refractivity contribution is 6.12. The van der Waals surface area contributed by atoms with Gasteiger partial charge in [0.2, 0.25) is 11.8 Å². The zero-order valence-electron chi connectivity index (χ0n) is 44.1. The Morgan fingerprint density at radius 3 is 1.26 bits per heavy atom. The first-order valence-corrected chi connectivity index (χ1v) is 28.8. The largest absolute Gasteiger partial charge is 0.356 e. The van der Waals surface area contributed by atoms with Crippen LogP contribution in [0.4, 0.5) is 0 Å². The molecular formula is C55H109N9O4. The smallest absolute Gasteiger partial charge is 0.253 e. The third kappa shape index (κ3) is 44.8. The van der Waals surface area contributed by atoms with E-state index in [1.54, 1.807) is 0 Å². The van der Waals surface area contributed by atoms with Crippen LogP contribution in [-0.4, -0.2) is 113 Å². The van der Waals surface area contributed by atoms with Crippen molar-refractivity contribution in [1.82, 2.24) is 42.1 Å². The van der Waals surface area contributed by atoms with Gasteiger partial charge in [-0.15, -0.1) is 0 Å². The Labute approximate surface area is 417 Å². The Kier molecular flexibility index (Phi) is 47.7. The third-order valence-electron chi connectivity index (χ3n) is 13.2. The number of hydrogen-bond donors (Lipinski definition) is 8. The van der Waals surface area contributed by atoms with Crippen molar-refractivity contribution in [2.75, 3.05) is 78.7 Å². The van der Waals surface area contributed by atoms with Crippen molar-refractivity contribution in [1.29, 1.82) is 0 Å². The monoisotopic (exact) mass is 960 g/mol. The van der Waals surface area contributed by atoms with Gasteiger partial charge in [-0.05, 0) is 130 Å². The van der Waals surface area contributed by atoms with Crippen LogP contribution in [-0.2, 0) is 19.2 Å². The Morgan fingerprint density at radius 1 is 0.426 bits per heavy atom. The van der Waals surface area contributed by atoms with Crippen LogP contribution < -0.4 is 43.0 Å². The van der Waals surface area contributed by atoms with E-state index < -0.39 is 0 Å². The Bertz CT molecular complexity index is 1170. The zero-order chi connectivity index (χ0) is 49.1. The minimum absolute atomic E-state index is 0.00109. The number of imide groups is 1. The van der Waals surface area contributed by atoms with Crippen LogP contribution in [0.2, 0.25) is 0 Å². The fourth-order valence-electron chi connectivity index (χ4n) is 8.79. The second kappa shape index (κ2) is 51.0. The molecule has 0 saturated heterocycles. The minimum atomic E-state index is -0.284. The normalized spacial score (nSPS) is 13.0. The lowest BCUT2D eigenvalue weighted by molar-refractivity contribution is -0.137. The molecule has 1 aliphatic rings. The highest BCUT2D eigenvalue weighted by Crippen LogP contribution is 2.16. The van der Waals surface area contributed by atoms with Gasteiger partial charge in [0.1, 0.15) is 0 Å². The average Bonchev–Trinajstić information content (AvgIpc) is 3.65. The molecule has 1 atom stereocenters. The summed E-state index contributed by atoms with van der Waals surface area (Å²) in [6.07, 6.45) is 44.6. The lowest BCUT2D eigenvalue weighted by atomic mass is 10.0. The molecular weight excluding hydrogens is 851 g/mol. The summed E-state index contributed by atoms with van der Waals surface area (Å²) in [5.41, 5.74) is 5.51. The summed E-state index contributed by atoms with van der Waals surface area (Å²) in [6, 6.07) is 0.582. The standard InChI is InChI=1S/C55H109N9O4/c1-51(61-46-30-29-41-58-44-33-45-60-50-59-42-28-27-40-57-43-32-39-56)34-23-20-22-26-48-62-52(65)35-24-19-17-15-13-11-9-7-5-3-2-4-6-8-10-12-14-16-18-21-25-47-63-53(66)36-31-49-64-54(67)37-38-55(64)68/h37-38,51,57-61H,2-36,39-50,56H2,1H3,(H,62,65)(H,63,66). The van der Waals surface area contributed by atoms with Crippen LogP contribution in [0.25, 0.3) is 0 Å². The summed E-state index contributed by atoms with van der Waals surface area (Å²) >= 11 is 0. The number of nitrogens with two attached hydrogens (primary N) is 1.